The average molecular weight is 677 g/mol. The molecule has 2 saturated heterocycles. The lowest BCUT2D eigenvalue weighted by Gasteiger charge is -2.38. The van der Waals surface area contributed by atoms with Gasteiger partial charge < -0.3 is 25.4 Å². The Kier molecular flexibility index (Phi) is 11.9. The van der Waals surface area contributed by atoms with Crippen molar-refractivity contribution in [2.75, 3.05) is 37.9 Å². The van der Waals surface area contributed by atoms with Crippen LogP contribution in [0.4, 0.5) is 19.3 Å². The van der Waals surface area contributed by atoms with Crippen LogP contribution in [0.2, 0.25) is 0 Å². The number of halogens is 2. The van der Waals surface area contributed by atoms with Crippen LogP contribution in [-0.2, 0) is 30.7 Å². The van der Waals surface area contributed by atoms with Gasteiger partial charge in [-0.3, -0.25) is 4.79 Å². The molecule has 10 nitrogen and oxygen atoms in total. The third kappa shape index (κ3) is 8.67. The van der Waals surface area contributed by atoms with Gasteiger partial charge in [-0.05, 0) is 94.0 Å². The highest BCUT2D eigenvalue weighted by molar-refractivity contribution is 7.89. The maximum absolute atomic E-state index is 15.4. The molecule has 1 unspecified atom stereocenters. The van der Waals surface area contributed by atoms with Gasteiger partial charge in [-0.15, -0.1) is 0 Å². The molecule has 258 valence electrons. The standard InChI is InChI=1S/C34H46F2N4O6S/c1-3-46-27-16-11-23(12-17-27)31(22-9-13-24(35)14-10-22)32(39-34(42)45-2)33(41)38-30-8-4-7-29(36)28(30)18-15-26-20-37-25-6-5-19-47(43,44)40(26)21-25/h4,7-10,13-14,23,25-27,31-32,37H,3,5-6,11-12,15-21H2,1-2H3,(H,38,41)(H,39,42)/t23-,25-,26+,27-,31+,32+/m1/s1. The fourth-order valence-corrected chi connectivity index (χ4v) is 9.28. The molecule has 2 aliphatic heterocycles. The summed E-state index contributed by atoms with van der Waals surface area (Å²) in [7, 11) is -2.21. The molecule has 0 spiro atoms. The Morgan fingerprint density at radius 3 is 2.51 bits per heavy atom. The van der Waals surface area contributed by atoms with E-state index in [1.165, 1.54) is 31.4 Å². The van der Waals surface area contributed by atoms with Crippen molar-refractivity contribution in [2.24, 2.45) is 5.92 Å². The maximum atomic E-state index is 15.4. The van der Waals surface area contributed by atoms with Crippen LogP contribution in [0.5, 0.6) is 0 Å². The Hall–Kier alpha value is -3.13. The van der Waals surface area contributed by atoms with Gasteiger partial charge >= 0.3 is 6.09 Å². The summed E-state index contributed by atoms with van der Waals surface area (Å²) in [5, 5.41) is 9.02. The summed E-state index contributed by atoms with van der Waals surface area (Å²) in [6.45, 7) is 3.42. The predicted octanol–water partition coefficient (Wildman–Crippen LogP) is 4.71. The first-order valence-electron chi connectivity index (χ1n) is 16.6. The lowest BCUT2D eigenvalue weighted by Crippen LogP contribution is -2.57. The Morgan fingerprint density at radius 1 is 1.06 bits per heavy atom. The fourth-order valence-electron chi connectivity index (χ4n) is 7.47. The van der Waals surface area contributed by atoms with Gasteiger partial charge in [0.25, 0.3) is 0 Å². The lowest BCUT2D eigenvalue weighted by molar-refractivity contribution is -0.119. The SMILES string of the molecule is CCO[C@H]1CC[C@H]([C@H](c2ccc(F)cc2)[C@H](NC(=O)OC)C(=O)Nc2cccc(F)c2CC[C@H]2CN[C@@H]3CCCS(=O)(=O)N2C3)CC1. The molecule has 2 heterocycles. The minimum atomic E-state index is -3.42. The third-order valence-electron chi connectivity index (χ3n) is 9.85. The third-order valence-corrected chi connectivity index (χ3v) is 11.8. The smallest absolute Gasteiger partial charge is 0.407 e. The number of ether oxygens (including phenoxy) is 2. The number of carbonyl (C=O) groups excluding carboxylic acids is 2. The van der Waals surface area contributed by atoms with E-state index in [2.05, 4.69) is 16.0 Å². The van der Waals surface area contributed by atoms with Crippen LogP contribution in [0.15, 0.2) is 42.5 Å². The van der Waals surface area contributed by atoms with Crippen LogP contribution >= 0.6 is 0 Å². The fraction of sp³-hybridized carbons (Fsp3) is 0.588. The predicted molar refractivity (Wildman–Crippen MR) is 174 cm³/mol. The summed E-state index contributed by atoms with van der Waals surface area (Å²) in [5.41, 5.74) is 1.18. The molecule has 3 N–H and O–H groups in total. The Morgan fingerprint density at radius 2 is 1.81 bits per heavy atom. The van der Waals surface area contributed by atoms with Crippen LogP contribution in [-0.4, -0.2) is 81.5 Å². The molecule has 3 aliphatic rings. The van der Waals surface area contributed by atoms with E-state index in [0.717, 1.165) is 32.1 Å². The largest absolute Gasteiger partial charge is 0.453 e. The molecule has 0 aromatic heterocycles. The zero-order valence-corrected chi connectivity index (χ0v) is 27.9. The Bertz CT molecular complexity index is 1490. The second-order valence-electron chi connectivity index (χ2n) is 12.8. The molecule has 2 aromatic rings. The molecule has 2 amide bonds. The number of sulfonamides is 1. The first kappa shape index (κ1) is 35.2. The van der Waals surface area contributed by atoms with Gasteiger partial charge in [0.05, 0.1) is 19.0 Å². The summed E-state index contributed by atoms with van der Waals surface area (Å²) in [5.74, 6) is -2.00. The molecule has 0 radical (unpaired) electrons. The van der Waals surface area contributed by atoms with E-state index in [1.54, 1.807) is 22.5 Å². The normalized spacial score (nSPS) is 26.8. The van der Waals surface area contributed by atoms with Gasteiger partial charge in [-0.2, -0.15) is 4.31 Å². The molecule has 2 aromatic carbocycles. The van der Waals surface area contributed by atoms with Crippen LogP contribution in [0.25, 0.3) is 0 Å². The quantitative estimate of drug-likeness (QED) is 0.315. The van der Waals surface area contributed by atoms with E-state index in [9.17, 15) is 22.4 Å². The molecule has 5 rings (SSSR count). The number of piperazine rings is 1. The summed E-state index contributed by atoms with van der Waals surface area (Å²) < 4.78 is 67.7. The number of rotatable bonds is 11. The van der Waals surface area contributed by atoms with E-state index in [-0.39, 0.29) is 47.5 Å². The molecule has 5 atom stereocenters. The highest BCUT2D eigenvalue weighted by Gasteiger charge is 2.40. The van der Waals surface area contributed by atoms with Crippen LogP contribution in [0.1, 0.15) is 68.9 Å². The number of anilines is 1. The molecule has 47 heavy (non-hydrogen) atoms. The van der Waals surface area contributed by atoms with Crippen molar-refractivity contribution in [1.29, 1.82) is 0 Å². The van der Waals surface area contributed by atoms with Crippen molar-refractivity contribution < 1.29 is 36.3 Å². The number of hydrogen-bond donors (Lipinski definition) is 3. The summed E-state index contributed by atoms with van der Waals surface area (Å²) in [6.07, 6.45) is 4.23. The van der Waals surface area contributed by atoms with E-state index in [0.29, 0.717) is 38.1 Å². The first-order chi connectivity index (χ1) is 22.6. The number of alkyl carbamates (subject to hydrolysis) is 1. The van der Waals surface area contributed by atoms with E-state index >= 15 is 4.39 Å². The zero-order valence-electron chi connectivity index (χ0n) is 27.1. The van der Waals surface area contributed by atoms with Gasteiger partial charge in [0.2, 0.25) is 15.9 Å². The van der Waals surface area contributed by atoms with Crippen LogP contribution in [0.3, 0.4) is 0 Å². The van der Waals surface area contributed by atoms with Gasteiger partial charge in [0.15, 0.2) is 0 Å². The average Bonchev–Trinajstić information content (AvgIpc) is 3.17. The summed E-state index contributed by atoms with van der Waals surface area (Å²) in [4.78, 5) is 26.8. The first-order valence-corrected chi connectivity index (χ1v) is 18.2. The van der Waals surface area contributed by atoms with Crippen LogP contribution < -0.4 is 16.0 Å². The topological polar surface area (TPSA) is 126 Å². The van der Waals surface area contributed by atoms with Crippen LogP contribution in [0, 0.1) is 17.6 Å². The molecule has 3 fully saturated rings. The van der Waals surface area contributed by atoms with Crippen molar-refractivity contribution >= 4 is 27.7 Å². The molecule has 13 heteroatoms. The molecular formula is C34H46F2N4O6S. The minimum absolute atomic E-state index is 0.0461. The highest BCUT2D eigenvalue weighted by Crippen LogP contribution is 2.40. The van der Waals surface area contributed by atoms with E-state index in [1.807, 2.05) is 6.92 Å². The number of benzene rings is 2. The molecule has 2 bridgehead atoms. The Balaban J connectivity index is 1.40. The van der Waals surface area contributed by atoms with Gasteiger partial charge in [-0.25, -0.2) is 22.0 Å². The summed E-state index contributed by atoms with van der Waals surface area (Å²) in [6, 6.07) is 8.96. The molecule has 1 aliphatic carbocycles. The van der Waals surface area contributed by atoms with Crippen molar-refractivity contribution in [3.8, 4) is 0 Å². The van der Waals surface area contributed by atoms with Gasteiger partial charge in [0.1, 0.15) is 17.7 Å². The minimum Gasteiger partial charge on any atom is -0.453 e. The second kappa shape index (κ2) is 15.8. The lowest BCUT2D eigenvalue weighted by atomic mass is 9.72. The number of fused-ring (bicyclic) bond motifs is 2. The number of methoxy groups -OCH3 is 1. The van der Waals surface area contributed by atoms with Crippen molar-refractivity contribution in [3.63, 3.8) is 0 Å². The van der Waals surface area contributed by atoms with E-state index < -0.39 is 45.6 Å². The number of nitrogens with zero attached hydrogens (tertiary/aromatic N) is 1. The van der Waals surface area contributed by atoms with Crippen molar-refractivity contribution in [3.05, 3.63) is 65.2 Å². The Labute approximate surface area is 276 Å². The summed E-state index contributed by atoms with van der Waals surface area (Å²) >= 11 is 0. The number of amides is 2. The zero-order chi connectivity index (χ0) is 33.6. The number of nitrogens with one attached hydrogen (secondary N) is 3. The maximum Gasteiger partial charge on any atom is 0.407 e. The van der Waals surface area contributed by atoms with Gasteiger partial charge in [0, 0.05) is 48.9 Å². The number of hydrogen-bond acceptors (Lipinski definition) is 7. The van der Waals surface area contributed by atoms with Gasteiger partial charge in [-0.1, -0.05) is 18.2 Å². The molecule has 1 saturated carbocycles. The van der Waals surface area contributed by atoms with Crippen molar-refractivity contribution in [2.45, 2.75) is 88.4 Å². The van der Waals surface area contributed by atoms with Crippen molar-refractivity contribution in [1.82, 2.24) is 14.9 Å². The highest BCUT2D eigenvalue weighted by atomic mass is 32.2. The number of carbonyl (C=O) groups is 2. The monoisotopic (exact) mass is 676 g/mol. The second-order valence-corrected chi connectivity index (χ2v) is 14.8. The van der Waals surface area contributed by atoms with E-state index in [4.69, 9.17) is 9.47 Å². The molecular weight excluding hydrogens is 630 g/mol.